The van der Waals surface area contributed by atoms with Gasteiger partial charge >= 0.3 is 0 Å². The van der Waals surface area contributed by atoms with Crippen LogP contribution in [0.1, 0.15) is 11.7 Å². The van der Waals surface area contributed by atoms with Gasteiger partial charge in [0, 0.05) is 14.2 Å². The molecule has 0 spiro atoms. The van der Waals surface area contributed by atoms with Gasteiger partial charge in [-0.3, -0.25) is 4.68 Å². The number of aryl methyl sites for hydroxylation is 1. The quantitative estimate of drug-likeness (QED) is 0.842. The molecule has 0 saturated heterocycles. The van der Waals surface area contributed by atoms with Gasteiger partial charge in [-0.2, -0.15) is 5.10 Å². The number of nitrogens with zero attached hydrogens (tertiary/aromatic N) is 2. The van der Waals surface area contributed by atoms with Crippen LogP contribution >= 0.6 is 15.9 Å². The first kappa shape index (κ1) is 9.70. The van der Waals surface area contributed by atoms with Gasteiger partial charge in [0.05, 0.1) is 29.0 Å². The second kappa shape index (κ2) is 4.02. The molecule has 0 radical (unpaired) electrons. The second-order valence-corrected chi connectivity index (χ2v) is 3.42. The van der Waals surface area contributed by atoms with Gasteiger partial charge in [-0.25, -0.2) is 0 Å². The Balaban J connectivity index is 2.85. The van der Waals surface area contributed by atoms with Crippen LogP contribution in [0.25, 0.3) is 0 Å². The second-order valence-electron chi connectivity index (χ2n) is 2.56. The highest BCUT2D eigenvalue weighted by Gasteiger charge is 2.13. The fourth-order valence-corrected chi connectivity index (χ4v) is 1.74. The zero-order valence-corrected chi connectivity index (χ0v) is 8.71. The average Bonchev–Trinajstić information content (AvgIpc) is 2.32. The van der Waals surface area contributed by atoms with Gasteiger partial charge in [0.15, 0.2) is 0 Å². The first-order valence-electron chi connectivity index (χ1n) is 3.58. The molecule has 0 saturated carbocycles. The summed E-state index contributed by atoms with van der Waals surface area (Å²) >= 11 is 3.37. The molecule has 1 aromatic heterocycles. The number of hydrogen-bond donors (Lipinski definition) is 1. The van der Waals surface area contributed by atoms with Crippen LogP contribution in [-0.4, -0.2) is 23.5 Å². The molecule has 1 atom stereocenters. The number of halogens is 1. The lowest BCUT2D eigenvalue weighted by molar-refractivity contribution is 0.178. The van der Waals surface area contributed by atoms with E-state index in [4.69, 9.17) is 10.5 Å². The highest BCUT2D eigenvalue weighted by atomic mass is 79.9. The Hall–Kier alpha value is -0.390. The van der Waals surface area contributed by atoms with E-state index >= 15 is 0 Å². The van der Waals surface area contributed by atoms with E-state index in [-0.39, 0.29) is 6.04 Å². The molecular weight excluding hydrogens is 222 g/mol. The molecule has 0 amide bonds. The number of aromatic nitrogens is 2. The zero-order valence-electron chi connectivity index (χ0n) is 7.12. The number of rotatable bonds is 3. The van der Waals surface area contributed by atoms with Crippen molar-refractivity contribution in [2.24, 2.45) is 12.8 Å². The monoisotopic (exact) mass is 233 g/mol. The molecule has 0 aliphatic carbocycles. The summed E-state index contributed by atoms with van der Waals surface area (Å²) in [5.74, 6) is 0. The Kier molecular flexibility index (Phi) is 3.25. The van der Waals surface area contributed by atoms with Crippen molar-refractivity contribution in [3.8, 4) is 0 Å². The van der Waals surface area contributed by atoms with Crippen molar-refractivity contribution in [1.82, 2.24) is 9.78 Å². The molecule has 0 bridgehead atoms. The molecular formula is C7H12BrN3O. The maximum Gasteiger partial charge on any atom is 0.0715 e. The van der Waals surface area contributed by atoms with Crippen LogP contribution in [0.15, 0.2) is 10.7 Å². The maximum absolute atomic E-state index is 5.84. The lowest BCUT2D eigenvalue weighted by Crippen LogP contribution is -2.19. The van der Waals surface area contributed by atoms with Crippen molar-refractivity contribution in [2.45, 2.75) is 6.04 Å². The summed E-state index contributed by atoms with van der Waals surface area (Å²) in [6, 6.07) is -0.128. The van der Waals surface area contributed by atoms with Crippen LogP contribution in [0.4, 0.5) is 0 Å². The Labute approximate surface area is 79.8 Å². The molecule has 0 aliphatic heterocycles. The summed E-state index contributed by atoms with van der Waals surface area (Å²) in [4.78, 5) is 0. The van der Waals surface area contributed by atoms with E-state index in [0.717, 1.165) is 10.2 Å². The van der Waals surface area contributed by atoms with Gasteiger partial charge in [-0.05, 0) is 15.9 Å². The Morgan fingerprint density at radius 2 is 2.50 bits per heavy atom. The summed E-state index contributed by atoms with van der Waals surface area (Å²) in [5.41, 5.74) is 6.79. The van der Waals surface area contributed by atoms with Gasteiger partial charge in [0.2, 0.25) is 0 Å². The van der Waals surface area contributed by atoms with Crippen molar-refractivity contribution >= 4 is 15.9 Å². The average molecular weight is 234 g/mol. The topological polar surface area (TPSA) is 53.1 Å². The van der Waals surface area contributed by atoms with Crippen LogP contribution in [0, 0.1) is 0 Å². The fourth-order valence-electron chi connectivity index (χ4n) is 1.10. The summed E-state index contributed by atoms with van der Waals surface area (Å²) in [6.07, 6.45) is 1.73. The lowest BCUT2D eigenvalue weighted by Gasteiger charge is -2.11. The first-order valence-corrected chi connectivity index (χ1v) is 4.38. The van der Waals surface area contributed by atoms with Gasteiger partial charge < -0.3 is 10.5 Å². The summed E-state index contributed by atoms with van der Waals surface area (Å²) in [6.45, 7) is 0.498. The van der Waals surface area contributed by atoms with E-state index in [1.54, 1.807) is 18.0 Å². The van der Waals surface area contributed by atoms with Crippen molar-refractivity contribution in [1.29, 1.82) is 0 Å². The number of ether oxygens (including phenoxy) is 1. The normalized spacial score (nSPS) is 13.3. The van der Waals surface area contributed by atoms with E-state index in [1.807, 2.05) is 7.05 Å². The molecule has 1 heterocycles. The maximum atomic E-state index is 5.84. The number of methoxy groups -OCH3 is 1. The molecule has 68 valence electrons. The molecule has 1 rings (SSSR count). The van der Waals surface area contributed by atoms with Crippen molar-refractivity contribution in [3.05, 3.63) is 16.4 Å². The Morgan fingerprint density at radius 3 is 2.92 bits per heavy atom. The van der Waals surface area contributed by atoms with Gasteiger partial charge in [-0.1, -0.05) is 0 Å². The van der Waals surface area contributed by atoms with Crippen LogP contribution in [0.2, 0.25) is 0 Å². The van der Waals surface area contributed by atoms with Crippen molar-refractivity contribution < 1.29 is 4.74 Å². The third kappa shape index (κ3) is 1.85. The highest BCUT2D eigenvalue weighted by Crippen LogP contribution is 2.20. The van der Waals surface area contributed by atoms with E-state index in [2.05, 4.69) is 21.0 Å². The van der Waals surface area contributed by atoms with Gasteiger partial charge in [0.1, 0.15) is 0 Å². The van der Waals surface area contributed by atoms with Crippen molar-refractivity contribution in [2.75, 3.05) is 13.7 Å². The highest BCUT2D eigenvalue weighted by molar-refractivity contribution is 9.10. The summed E-state index contributed by atoms with van der Waals surface area (Å²) < 4.78 is 7.62. The zero-order chi connectivity index (χ0) is 9.14. The number of hydrogen-bond acceptors (Lipinski definition) is 3. The van der Waals surface area contributed by atoms with Crippen LogP contribution < -0.4 is 5.73 Å². The van der Waals surface area contributed by atoms with E-state index in [0.29, 0.717) is 6.61 Å². The lowest BCUT2D eigenvalue weighted by atomic mass is 10.2. The minimum absolute atomic E-state index is 0.128. The van der Waals surface area contributed by atoms with Crippen LogP contribution in [0.3, 0.4) is 0 Å². The molecule has 1 aromatic rings. The molecule has 0 aromatic carbocycles. The van der Waals surface area contributed by atoms with E-state index in [1.165, 1.54) is 0 Å². The summed E-state index contributed by atoms with van der Waals surface area (Å²) in [7, 11) is 3.49. The minimum atomic E-state index is -0.128. The molecule has 5 heteroatoms. The Morgan fingerprint density at radius 1 is 1.83 bits per heavy atom. The molecule has 0 fully saturated rings. The summed E-state index contributed by atoms with van der Waals surface area (Å²) in [5, 5.41) is 4.05. The molecule has 2 N–H and O–H groups in total. The molecule has 1 unspecified atom stereocenters. The van der Waals surface area contributed by atoms with Crippen LogP contribution in [-0.2, 0) is 11.8 Å². The molecule has 12 heavy (non-hydrogen) atoms. The smallest absolute Gasteiger partial charge is 0.0715 e. The van der Waals surface area contributed by atoms with E-state index < -0.39 is 0 Å². The third-order valence-electron chi connectivity index (χ3n) is 1.64. The largest absolute Gasteiger partial charge is 0.383 e. The standard InChI is InChI=1S/C7H12BrN3O/c1-11-7(5(8)3-10-11)6(9)4-12-2/h3,6H,4,9H2,1-2H3. The predicted octanol–water partition coefficient (Wildman–Crippen LogP) is 0.829. The molecule has 4 nitrogen and oxygen atoms in total. The fraction of sp³-hybridized carbons (Fsp3) is 0.571. The van der Waals surface area contributed by atoms with Gasteiger partial charge in [-0.15, -0.1) is 0 Å². The Bertz CT molecular complexity index is 242. The number of nitrogens with two attached hydrogens (primary N) is 1. The van der Waals surface area contributed by atoms with Crippen molar-refractivity contribution in [3.63, 3.8) is 0 Å². The molecule has 0 aliphatic rings. The minimum Gasteiger partial charge on any atom is -0.383 e. The van der Waals surface area contributed by atoms with E-state index in [9.17, 15) is 0 Å². The SMILES string of the molecule is COCC(N)c1c(Br)cnn1C. The van der Waals surface area contributed by atoms with Crippen LogP contribution in [0.5, 0.6) is 0 Å². The van der Waals surface area contributed by atoms with Gasteiger partial charge in [0.25, 0.3) is 0 Å². The predicted molar refractivity (Wildman–Crippen MR) is 49.7 cm³/mol. The first-order chi connectivity index (χ1) is 5.66. The third-order valence-corrected chi connectivity index (χ3v) is 2.25.